The molecule has 0 radical (unpaired) electrons. The SMILES string of the molecule is NS(=O)(=O)OCC1CCC(NC(=O)c2ccncc2)C1.O=C(O)c1ccccc1.O=C(O)c1ccccc1. The molecule has 1 heterocycles. The molecule has 2 aromatic carbocycles. The molecule has 202 valence electrons. The minimum atomic E-state index is -3.89. The number of hydrogen-bond donors (Lipinski definition) is 4. The average molecular weight is 544 g/mol. The van der Waals surface area contributed by atoms with E-state index in [-0.39, 0.29) is 24.5 Å². The molecule has 1 aliphatic rings. The van der Waals surface area contributed by atoms with Crippen LogP contribution in [0.2, 0.25) is 0 Å². The van der Waals surface area contributed by atoms with Crippen molar-refractivity contribution in [3.63, 3.8) is 0 Å². The van der Waals surface area contributed by atoms with Gasteiger partial charge in [-0.15, -0.1) is 0 Å². The summed E-state index contributed by atoms with van der Waals surface area (Å²) >= 11 is 0. The van der Waals surface area contributed by atoms with Crippen molar-refractivity contribution >= 4 is 28.1 Å². The molecular formula is C26H29N3O8S. The van der Waals surface area contributed by atoms with Gasteiger partial charge in [0.15, 0.2) is 0 Å². The van der Waals surface area contributed by atoms with E-state index in [0.717, 1.165) is 12.8 Å². The second-order valence-electron chi connectivity index (χ2n) is 8.21. The van der Waals surface area contributed by atoms with Gasteiger partial charge in [0.25, 0.3) is 5.91 Å². The van der Waals surface area contributed by atoms with E-state index >= 15 is 0 Å². The maximum Gasteiger partial charge on any atom is 0.335 e. The molecule has 0 spiro atoms. The first-order valence-electron chi connectivity index (χ1n) is 11.5. The van der Waals surface area contributed by atoms with E-state index in [1.165, 1.54) is 0 Å². The van der Waals surface area contributed by atoms with Crippen molar-refractivity contribution in [3.05, 3.63) is 102 Å². The molecule has 12 heteroatoms. The van der Waals surface area contributed by atoms with Gasteiger partial charge in [-0.2, -0.15) is 8.42 Å². The van der Waals surface area contributed by atoms with Gasteiger partial charge in [0, 0.05) is 24.0 Å². The zero-order valence-electron chi connectivity index (χ0n) is 20.3. The Balaban J connectivity index is 0.000000232. The van der Waals surface area contributed by atoms with Crippen molar-refractivity contribution in [2.45, 2.75) is 25.3 Å². The molecule has 0 bridgehead atoms. The van der Waals surface area contributed by atoms with Gasteiger partial charge in [0.05, 0.1) is 17.7 Å². The second-order valence-corrected chi connectivity index (χ2v) is 9.43. The Kier molecular flexibility index (Phi) is 12.0. The normalized spacial score (nSPS) is 16.1. The lowest BCUT2D eigenvalue weighted by molar-refractivity contribution is 0.0686. The van der Waals surface area contributed by atoms with Crippen LogP contribution in [0.3, 0.4) is 0 Å². The highest BCUT2D eigenvalue weighted by Gasteiger charge is 2.27. The number of amides is 1. The topological polar surface area (TPSA) is 186 Å². The number of rotatable bonds is 7. The minimum absolute atomic E-state index is 0.0322. The molecule has 0 aliphatic heterocycles. The van der Waals surface area contributed by atoms with E-state index in [4.69, 9.17) is 15.4 Å². The smallest absolute Gasteiger partial charge is 0.335 e. The first kappa shape index (κ1) is 30.1. The molecule has 1 saturated carbocycles. The van der Waals surface area contributed by atoms with E-state index in [2.05, 4.69) is 14.5 Å². The minimum Gasteiger partial charge on any atom is -0.478 e. The standard InChI is InChI=1S/C12H17N3O4S.2C7H6O2/c13-20(17,18)19-8-9-1-2-11(7-9)15-12(16)10-3-5-14-6-4-10;2*8-7(9)6-4-2-1-3-5-6/h3-6,9,11H,1-2,7-8H2,(H,15,16)(H2,13,17,18);2*1-5H,(H,8,9). The highest BCUT2D eigenvalue weighted by atomic mass is 32.2. The Morgan fingerprint density at radius 3 is 1.76 bits per heavy atom. The fourth-order valence-corrected chi connectivity index (χ4v) is 3.86. The molecule has 0 saturated heterocycles. The quantitative estimate of drug-likeness (QED) is 0.347. The monoisotopic (exact) mass is 543 g/mol. The van der Waals surface area contributed by atoms with Crippen LogP contribution in [0.25, 0.3) is 0 Å². The fourth-order valence-electron chi connectivity index (χ4n) is 3.48. The lowest BCUT2D eigenvalue weighted by atomic mass is 10.1. The van der Waals surface area contributed by atoms with Gasteiger partial charge in [0.2, 0.25) is 0 Å². The molecule has 11 nitrogen and oxygen atoms in total. The summed E-state index contributed by atoms with van der Waals surface area (Å²) in [7, 11) is -3.89. The van der Waals surface area contributed by atoms with Gasteiger partial charge in [-0.3, -0.25) is 14.0 Å². The zero-order valence-corrected chi connectivity index (χ0v) is 21.2. The molecule has 2 atom stereocenters. The Bertz CT molecular complexity index is 1220. The van der Waals surface area contributed by atoms with Gasteiger partial charge in [-0.05, 0) is 61.6 Å². The van der Waals surface area contributed by atoms with Gasteiger partial charge < -0.3 is 15.5 Å². The lowest BCUT2D eigenvalue weighted by Gasteiger charge is -2.13. The van der Waals surface area contributed by atoms with E-state index in [9.17, 15) is 22.8 Å². The molecule has 1 amide bonds. The lowest BCUT2D eigenvalue weighted by Crippen LogP contribution is -2.33. The third-order valence-corrected chi connectivity index (χ3v) is 5.79. The average Bonchev–Trinajstić information content (AvgIpc) is 3.36. The number of pyridine rings is 1. The number of benzene rings is 2. The molecule has 2 unspecified atom stereocenters. The molecule has 5 N–H and O–H groups in total. The summed E-state index contributed by atoms with van der Waals surface area (Å²) in [5, 5.41) is 24.5. The molecule has 38 heavy (non-hydrogen) atoms. The molecule has 4 rings (SSSR count). The number of carboxylic acids is 2. The number of aromatic nitrogens is 1. The van der Waals surface area contributed by atoms with Crippen molar-refractivity contribution < 1.29 is 37.2 Å². The van der Waals surface area contributed by atoms with E-state index in [1.54, 1.807) is 85.2 Å². The van der Waals surface area contributed by atoms with E-state index < -0.39 is 22.2 Å². The summed E-state index contributed by atoms with van der Waals surface area (Å²) in [6, 6.07) is 19.9. The van der Waals surface area contributed by atoms with Crippen molar-refractivity contribution in [1.82, 2.24) is 10.3 Å². The number of nitrogens with zero attached hydrogens (tertiary/aromatic N) is 1. The fraction of sp³-hybridized carbons (Fsp3) is 0.231. The number of nitrogens with one attached hydrogen (secondary N) is 1. The van der Waals surface area contributed by atoms with Crippen LogP contribution in [0.5, 0.6) is 0 Å². The molecular weight excluding hydrogens is 514 g/mol. The molecule has 1 fully saturated rings. The Morgan fingerprint density at radius 2 is 1.34 bits per heavy atom. The summed E-state index contributed by atoms with van der Waals surface area (Å²) in [5.74, 6) is -1.81. The number of carbonyl (C=O) groups is 3. The predicted octanol–water partition coefficient (Wildman–Crippen LogP) is 2.97. The Labute approximate surface area is 220 Å². The van der Waals surface area contributed by atoms with Crippen LogP contribution in [0.1, 0.15) is 50.3 Å². The van der Waals surface area contributed by atoms with Crippen molar-refractivity contribution in [1.29, 1.82) is 0 Å². The van der Waals surface area contributed by atoms with Crippen LogP contribution in [0.4, 0.5) is 0 Å². The van der Waals surface area contributed by atoms with Gasteiger partial charge in [-0.25, -0.2) is 14.7 Å². The van der Waals surface area contributed by atoms with Crippen LogP contribution in [-0.2, 0) is 14.5 Å². The van der Waals surface area contributed by atoms with Crippen LogP contribution < -0.4 is 10.5 Å². The highest BCUT2D eigenvalue weighted by Crippen LogP contribution is 2.26. The number of hydrogen-bond acceptors (Lipinski definition) is 7. The first-order chi connectivity index (χ1) is 18.0. The summed E-state index contributed by atoms with van der Waals surface area (Å²) in [6.45, 7) is 0.0699. The Morgan fingerprint density at radius 1 is 0.842 bits per heavy atom. The summed E-state index contributed by atoms with van der Waals surface area (Å²) in [4.78, 5) is 36.2. The summed E-state index contributed by atoms with van der Waals surface area (Å²) < 4.78 is 26.0. The first-order valence-corrected chi connectivity index (χ1v) is 13.0. The van der Waals surface area contributed by atoms with Gasteiger partial charge >= 0.3 is 22.2 Å². The van der Waals surface area contributed by atoms with E-state index in [0.29, 0.717) is 23.1 Å². The zero-order chi connectivity index (χ0) is 28.0. The van der Waals surface area contributed by atoms with Crippen LogP contribution in [-0.4, -0.2) is 54.1 Å². The second kappa shape index (κ2) is 15.2. The van der Waals surface area contributed by atoms with Crippen molar-refractivity contribution in [3.8, 4) is 0 Å². The maximum absolute atomic E-state index is 11.9. The number of carboxylic acid groups (broad SMARTS) is 2. The number of nitrogens with two attached hydrogens (primary N) is 1. The van der Waals surface area contributed by atoms with E-state index in [1.807, 2.05) is 0 Å². The Hall–Kier alpha value is -4.13. The van der Waals surface area contributed by atoms with Gasteiger partial charge in [-0.1, -0.05) is 36.4 Å². The molecule has 1 aromatic heterocycles. The predicted molar refractivity (Wildman–Crippen MR) is 139 cm³/mol. The highest BCUT2D eigenvalue weighted by molar-refractivity contribution is 7.84. The summed E-state index contributed by atoms with van der Waals surface area (Å²) in [6.07, 6.45) is 5.41. The van der Waals surface area contributed by atoms with Crippen molar-refractivity contribution in [2.24, 2.45) is 11.1 Å². The van der Waals surface area contributed by atoms with Crippen LogP contribution in [0.15, 0.2) is 85.2 Å². The van der Waals surface area contributed by atoms with Gasteiger partial charge in [0.1, 0.15) is 0 Å². The molecule has 3 aromatic rings. The van der Waals surface area contributed by atoms with Crippen LogP contribution >= 0.6 is 0 Å². The van der Waals surface area contributed by atoms with Crippen molar-refractivity contribution in [2.75, 3.05) is 6.61 Å². The summed E-state index contributed by atoms with van der Waals surface area (Å²) in [5.41, 5.74) is 1.22. The third-order valence-electron chi connectivity index (χ3n) is 5.33. The number of aromatic carboxylic acids is 2. The largest absolute Gasteiger partial charge is 0.478 e. The maximum atomic E-state index is 11.9. The molecule has 1 aliphatic carbocycles. The third kappa shape index (κ3) is 11.7. The van der Waals surface area contributed by atoms with Crippen LogP contribution in [0, 0.1) is 5.92 Å². The number of carbonyl (C=O) groups excluding carboxylic acids is 1.